The van der Waals surface area contributed by atoms with Crippen LogP contribution in [0, 0.1) is 0 Å². The number of hydrogen-bond donors (Lipinski definition) is 1. The Kier molecular flexibility index (Phi) is 8.14. The Balaban J connectivity index is 2.25. The maximum absolute atomic E-state index is 10.5. The minimum Gasteiger partial charge on any atom is -0.481 e. The van der Waals surface area contributed by atoms with E-state index in [0.717, 1.165) is 4.90 Å². The molecule has 0 saturated heterocycles. The molecule has 1 aromatic heterocycles. The third kappa shape index (κ3) is 7.28. The van der Waals surface area contributed by atoms with Crippen LogP contribution < -0.4 is 0 Å². The zero-order valence-corrected chi connectivity index (χ0v) is 18.7. The third-order valence-electron chi connectivity index (χ3n) is 3.06. The Morgan fingerprint density at radius 2 is 1.44 bits per heavy atom. The number of nitrogens with zero attached hydrogens (tertiary/aromatic N) is 3. The number of benzene rings is 1. The number of thioether (sulfide) groups is 1. The average Bonchev–Trinajstić information content (AvgIpc) is 2.57. The third-order valence-corrected chi connectivity index (χ3v) is 5.17. The van der Waals surface area contributed by atoms with Gasteiger partial charge in [-0.1, -0.05) is 81.7 Å². The fourth-order valence-electron chi connectivity index (χ4n) is 1.87. The molecule has 1 aromatic carbocycles. The monoisotopic (exact) mass is 507 g/mol. The minimum absolute atomic E-state index is 0.134. The van der Waals surface area contributed by atoms with Crippen molar-refractivity contribution in [3.05, 3.63) is 35.9 Å². The fourth-order valence-corrected chi connectivity index (χ4v) is 3.23. The van der Waals surface area contributed by atoms with Crippen LogP contribution >= 0.6 is 81.4 Å². The second-order valence-corrected chi connectivity index (χ2v) is 10.9. The lowest BCUT2D eigenvalue weighted by molar-refractivity contribution is -0.137. The van der Waals surface area contributed by atoms with Crippen LogP contribution in [0.3, 0.4) is 0 Å². The van der Waals surface area contributed by atoms with Crippen molar-refractivity contribution in [2.24, 2.45) is 0 Å². The fraction of sp³-hybridized carbons (Fsp3) is 0.333. The summed E-state index contributed by atoms with van der Waals surface area (Å²) in [5.41, 5.74) is 0.610. The molecule has 146 valence electrons. The summed E-state index contributed by atoms with van der Waals surface area (Å²) in [5, 5.41) is 8.65. The summed E-state index contributed by atoms with van der Waals surface area (Å²) < 4.78 is -3.83. The highest BCUT2D eigenvalue weighted by Gasteiger charge is 2.34. The highest BCUT2D eigenvalue weighted by atomic mass is 35.6. The first-order valence-electron chi connectivity index (χ1n) is 7.32. The van der Waals surface area contributed by atoms with Gasteiger partial charge in [-0.2, -0.15) is 0 Å². The molecule has 2 aromatic rings. The van der Waals surface area contributed by atoms with E-state index in [1.165, 1.54) is 11.8 Å². The van der Waals surface area contributed by atoms with Gasteiger partial charge in [0.25, 0.3) is 0 Å². The van der Waals surface area contributed by atoms with Crippen molar-refractivity contribution >= 4 is 87.3 Å². The molecule has 0 fully saturated rings. The molecule has 12 heteroatoms. The summed E-state index contributed by atoms with van der Waals surface area (Å²) in [5.74, 6) is -0.256. The Hall–Kier alpha value is -0.210. The zero-order valence-electron chi connectivity index (χ0n) is 13.3. The first-order chi connectivity index (χ1) is 12.5. The molecule has 0 atom stereocenters. The molecule has 0 aliphatic rings. The van der Waals surface area contributed by atoms with Crippen molar-refractivity contribution in [3.8, 4) is 11.4 Å². The normalized spacial score (nSPS) is 12.2. The van der Waals surface area contributed by atoms with Gasteiger partial charge in [0.2, 0.25) is 7.59 Å². The molecule has 0 unspecified atom stereocenters. The average molecular weight is 510 g/mol. The van der Waals surface area contributed by atoms with E-state index in [4.69, 9.17) is 74.7 Å². The molecule has 0 aliphatic heterocycles. The SMILES string of the molecule is O=C(O)CCCSc1ccc(-c2nc(C(Cl)(Cl)Cl)nc(C(Cl)(Cl)Cl)n2)cc1. The molecule has 0 amide bonds. The maximum atomic E-state index is 10.5. The van der Waals surface area contributed by atoms with Crippen molar-refractivity contribution in [1.29, 1.82) is 0 Å². The van der Waals surface area contributed by atoms with E-state index in [2.05, 4.69) is 15.0 Å². The van der Waals surface area contributed by atoms with E-state index in [1.807, 2.05) is 12.1 Å². The number of rotatable bonds is 6. The van der Waals surface area contributed by atoms with Crippen LogP contribution in [0.2, 0.25) is 0 Å². The summed E-state index contributed by atoms with van der Waals surface area (Å²) >= 11 is 36.7. The Morgan fingerprint density at radius 3 is 1.89 bits per heavy atom. The Morgan fingerprint density at radius 1 is 0.926 bits per heavy atom. The lowest BCUT2D eigenvalue weighted by Gasteiger charge is -2.15. The minimum atomic E-state index is -1.91. The van der Waals surface area contributed by atoms with Crippen LogP contribution in [0.4, 0.5) is 0 Å². The molecule has 1 N–H and O–H groups in total. The van der Waals surface area contributed by atoms with Gasteiger partial charge in [0.05, 0.1) is 0 Å². The van der Waals surface area contributed by atoms with Crippen LogP contribution in [0.5, 0.6) is 0 Å². The van der Waals surface area contributed by atoms with Crippen LogP contribution in [-0.4, -0.2) is 31.8 Å². The van der Waals surface area contributed by atoms with E-state index in [1.54, 1.807) is 12.1 Å². The van der Waals surface area contributed by atoms with Gasteiger partial charge in [0, 0.05) is 16.9 Å². The van der Waals surface area contributed by atoms with Crippen molar-refractivity contribution in [3.63, 3.8) is 0 Å². The van der Waals surface area contributed by atoms with Gasteiger partial charge in [-0.05, 0) is 24.3 Å². The van der Waals surface area contributed by atoms with Gasteiger partial charge in [-0.3, -0.25) is 4.79 Å². The van der Waals surface area contributed by atoms with Crippen molar-refractivity contribution in [1.82, 2.24) is 15.0 Å². The molecular weight excluding hydrogens is 499 g/mol. The van der Waals surface area contributed by atoms with Crippen molar-refractivity contribution < 1.29 is 9.90 Å². The van der Waals surface area contributed by atoms with Crippen molar-refractivity contribution in [2.75, 3.05) is 5.75 Å². The van der Waals surface area contributed by atoms with Gasteiger partial charge in [0.15, 0.2) is 17.5 Å². The van der Waals surface area contributed by atoms with Gasteiger partial charge in [-0.15, -0.1) is 11.8 Å². The predicted molar refractivity (Wildman–Crippen MR) is 111 cm³/mol. The molecule has 0 saturated carbocycles. The number of carboxylic acid groups (broad SMARTS) is 1. The molecule has 0 aliphatic carbocycles. The van der Waals surface area contributed by atoms with Crippen LogP contribution in [0.15, 0.2) is 29.2 Å². The maximum Gasteiger partial charge on any atom is 0.303 e. The topological polar surface area (TPSA) is 76.0 Å². The summed E-state index contributed by atoms with van der Waals surface area (Å²) in [4.78, 5) is 23.7. The molecular formula is C15H11Cl6N3O2S. The highest BCUT2D eigenvalue weighted by Crippen LogP contribution is 2.40. The van der Waals surface area contributed by atoms with Gasteiger partial charge in [-0.25, -0.2) is 15.0 Å². The highest BCUT2D eigenvalue weighted by molar-refractivity contribution is 7.99. The zero-order chi connectivity index (χ0) is 20.2. The molecule has 0 bridgehead atoms. The van der Waals surface area contributed by atoms with Gasteiger partial charge in [0.1, 0.15) is 0 Å². The van der Waals surface area contributed by atoms with Crippen LogP contribution in [0.1, 0.15) is 24.5 Å². The number of carbonyl (C=O) groups is 1. The Bertz CT molecular complexity index is 776. The van der Waals surface area contributed by atoms with E-state index in [0.29, 0.717) is 17.7 Å². The summed E-state index contributed by atoms with van der Waals surface area (Å²) in [6.45, 7) is 0. The molecule has 0 spiro atoms. The lowest BCUT2D eigenvalue weighted by atomic mass is 10.2. The quantitative estimate of drug-likeness (QED) is 0.286. The van der Waals surface area contributed by atoms with Crippen LogP contribution in [-0.2, 0) is 12.4 Å². The first kappa shape index (κ1) is 23.1. The molecule has 1 heterocycles. The first-order valence-corrected chi connectivity index (χ1v) is 10.6. The van der Waals surface area contributed by atoms with Crippen LogP contribution in [0.25, 0.3) is 11.4 Å². The number of aromatic nitrogens is 3. The molecule has 27 heavy (non-hydrogen) atoms. The number of halogens is 6. The predicted octanol–water partition coefficient (Wildman–Crippen LogP) is 6.15. The smallest absolute Gasteiger partial charge is 0.303 e. The number of carboxylic acids is 1. The number of hydrogen-bond acceptors (Lipinski definition) is 5. The van der Waals surface area contributed by atoms with E-state index < -0.39 is 13.6 Å². The molecule has 2 rings (SSSR count). The Labute approximate surface area is 189 Å². The van der Waals surface area contributed by atoms with E-state index >= 15 is 0 Å². The molecule has 5 nitrogen and oxygen atoms in total. The van der Waals surface area contributed by atoms with E-state index in [9.17, 15) is 4.79 Å². The summed E-state index contributed by atoms with van der Waals surface area (Å²) in [6.07, 6.45) is 0.712. The summed E-state index contributed by atoms with van der Waals surface area (Å²) in [6, 6.07) is 7.21. The van der Waals surface area contributed by atoms with E-state index in [-0.39, 0.29) is 23.9 Å². The van der Waals surface area contributed by atoms with Crippen molar-refractivity contribution in [2.45, 2.75) is 25.3 Å². The second kappa shape index (κ2) is 9.53. The van der Waals surface area contributed by atoms with Gasteiger partial charge < -0.3 is 5.11 Å². The second-order valence-electron chi connectivity index (χ2n) is 5.17. The molecule has 0 radical (unpaired) electrons. The van der Waals surface area contributed by atoms with Gasteiger partial charge >= 0.3 is 5.97 Å². The number of alkyl halides is 6. The summed E-state index contributed by atoms with van der Waals surface area (Å²) in [7, 11) is 0. The largest absolute Gasteiger partial charge is 0.481 e. The lowest BCUT2D eigenvalue weighted by Crippen LogP contribution is -2.16. The standard InChI is InChI=1S/C15H11Cl6N3O2S/c16-14(17,18)12-22-11(23-13(24-12)15(19,20)21)8-3-5-9(6-4-8)27-7-1-2-10(25)26/h3-6H,1-2,7H2,(H,25,26). The number of aliphatic carboxylic acids is 1.